The maximum atomic E-state index is 9.25. The van der Waals surface area contributed by atoms with E-state index in [0.29, 0.717) is 5.75 Å². The Balaban J connectivity index is 2.82. The quantitative estimate of drug-likeness (QED) is 0.663. The van der Waals surface area contributed by atoms with Crippen LogP contribution in [-0.4, -0.2) is 5.11 Å². The van der Waals surface area contributed by atoms with Crippen molar-refractivity contribution in [3.63, 3.8) is 0 Å². The summed E-state index contributed by atoms with van der Waals surface area (Å²) >= 11 is 0. The van der Waals surface area contributed by atoms with Crippen LogP contribution in [0.2, 0.25) is 0 Å². The Morgan fingerprint density at radius 3 is 2.75 bits per heavy atom. The van der Waals surface area contributed by atoms with Crippen LogP contribution in [0.4, 0.5) is 0 Å². The number of allylic oxidation sites excluding steroid dienone is 2. The Morgan fingerprint density at radius 1 is 1.42 bits per heavy atom. The molecule has 0 heterocycles. The molecule has 0 aromatic heterocycles. The molecule has 0 saturated carbocycles. The normalized spacial score (nSPS) is 10.8. The minimum atomic E-state index is 0.374. The maximum Gasteiger partial charge on any atom is 0.118 e. The second-order valence-electron chi connectivity index (χ2n) is 2.89. The maximum absolute atomic E-state index is 9.25. The van der Waals surface area contributed by atoms with E-state index in [1.165, 1.54) is 5.56 Å². The van der Waals surface area contributed by atoms with E-state index in [2.05, 4.69) is 6.08 Å². The summed E-state index contributed by atoms with van der Waals surface area (Å²) in [5, 5.41) is 9.25. The lowest BCUT2D eigenvalue weighted by Crippen LogP contribution is -1.82. The summed E-state index contributed by atoms with van der Waals surface area (Å²) in [5.41, 5.74) is 2.18. The first kappa shape index (κ1) is 8.85. The van der Waals surface area contributed by atoms with Crippen LogP contribution in [0.5, 0.6) is 5.75 Å². The van der Waals surface area contributed by atoms with Crippen molar-refractivity contribution >= 4 is 0 Å². The molecule has 1 rings (SSSR count). The van der Waals surface area contributed by atoms with E-state index < -0.39 is 0 Å². The summed E-state index contributed by atoms with van der Waals surface area (Å²) < 4.78 is 0. The first-order valence-corrected chi connectivity index (χ1v) is 4.13. The lowest BCUT2D eigenvalue weighted by Gasteiger charge is -2.00. The summed E-state index contributed by atoms with van der Waals surface area (Å²) in [6, 6.07) is 5.70. The Kier molecular flexibility index (Phi) is 2.92. The van der Waals surface area contributed by atoms with Crippen LogP contribution in [0, 0.1) is 6.92 Å². The third-order valence-corrected chi connectivity index (χ3v) is 1.85. The SMILES string of the molecule is CC=CCc1ccc(O)c(C)c1. The van der Waals surface area contributed by atoms with Crippen LogP contribution >= 0.6 is 0 Å². The number of phenols is 1. The number of benzene rings is 1. The van der Waals surface area contributed by atoms with Crippen molar-refractivity contribution in [2.75, 3.05) is 0 Å². The molecule has 1 aromatic rings. The Bertz CT molecular complexity index is 287. The van der Waals surface area contributed by atoms with Crippen molar-refractivity contribution in [1.29, 1.82) is 0 Å². The first-order valence-electron chi connectivity index (χ1n) is 4.13. The number of hydrogen-bond acceptors (Lipinski definition) is 1. The molecule has 0 amide bonds. The van der Waals surface area contributed by atoms with Gasteiger partial charge in [0.15, 0.2) is 0 Å². The van der Waals surface area contributed by atoms with E-state index in [9.17, 15) is 5.11 Å². The van der Waals surface area contributed by atoms with E-state index in [-0.39, 0.29) is 0 Å². The van der Waals surface area contributed by atoms with Crippen LogP contribution in [0.15, 0.2) is 30.4 Å². The van der Waals surface area contributed by atoms with E-state index in [0.717, 1.165) is 12.0 Å². The van der Waals surface area contributed by atoms with Gasteiger partial charge in [-0.15, -0.1) is 0 Å². The number of aryl methyl sites for hydroxylation is 1. The average molecular weight is 162 g/mol. The molecule has 0 spiro atoms. The molecule has 64 valence electrons. The predicted molar refractivity (Wildman–Crippen MR) is 51.4 cm³/mol. The van der Waals surface area contributed by atoms with E-state index >= 15 is 0 Å². The molecule has 0 atom stereocenters. The number of phenolic OH excluding ortho intramolecular Hbond substituents is 1. The van der Waals surface area contributed by atoms with E-state index in [1.807, 2.05) is 32.1 Å². The van der Waals surface area contributed by atoms with Gasteiger partial charge < -0.3 is 5.11 Å². The zero-order chi connectivity index (χ0) is 8.97. The van der Waals surface area contributed by atoms with Crippen LogP contribution in [0.25, 0.3) is 0 Å². The molecule has 0 fully saturated rings. The highest BCUT2D eigenvalue weighted by Crippen LogP contribution is 2.17. The zero-order valence-corrected chi connectivity index (χ0v) is 7.54. The van der Waals surface area contributed by atoms with Gasteiger partial charge in [-0.3, -0.25) is 0 Å². The lowest BCUT2D eigenvalue weighted by atomic mass is 10.1. The number of rotatable bonds is 2. The monoisotopic (exact) mass is 162 g/mol. The van der Waals surface area contributed by atoms with Crippen molar-refractivity contribution in [2.45, 2.75) is 20.3 Å². The second kappa shape index (κ2) is 3.96. The Labute approximate surface area is 73.4 Å². The van der Waals surface area contributed by atoms with Crippen molar-refractivity contribution in [3.05, 3.63) is 41.5 Å². The van der Waals surface area contributed by atoms with Crippen LogP contribution in [0.1, 0.15) is 18.1 Å². The van der Waals surface area contributed by atoms with Crippen molar-refractivity contribution in [1.82, 2.24) is 0 Å². The molecule has 1 nitrogen and oxygen atoms in total. The van der Waals surface area contributed by atoms with Crippen LogP contribution in [-0.2, 0) is 6.42 Å². The average Bonchev–Trinajstić information content (AvgIpc) is 2.07. The molecule has 0 aliphatic carbocycles. The first-order chi connectivity index (χ1) is 5.74. The summed E-state index contributed by atoms with van der Waals surface area (Å²) in [7, 11) is 0. The molecular weight excluding hydrogens is 148 g/mol. The molecular formula is C11H14O. The summed E-state index contributed by atoms with van der Waals surface area (Å²) in [5.74, 6) is 0.374. The second-order valence-corrected chi connectivity index (χ2v) is 2.89. The molecule has 0 radical (unpaired) electrons. The summed E-state index contributed by atoms with van der Waals surface area (Å²) in [6.07, 6.45) is 5.08. The fourth-order valence-corrected chi connectivity index (χ4v) is 1.10. The zero-order valence-electron chi connectivity index (χ0n) is 7.54. The van der Waals surface area contributed by atoms with Gasteiger partial charge in [-0.1, -0.05) is 24.3 Å². The minimum absolute atomic E-state index is 0.374. The third kappa shape index (κ3) is 2.12. The van der Waals surface area contributed by atoms with E-state index in [4.69, 9.17) is 0 Å². The molecule has 12 heavy (non-hydrogen) atoms. The van der Waals surface area contributed by atoms with Crippen LogP contribution < -0.4 is 0 Å². The smallest absolute Gasteiger partial charge is 0.118 e. The van der Waals surface area contributed by atoms with Gasteiger partial charge in [0.1, 0.15) is 5.75 Å². The summed E-state index contributed by atoms with van der Waals surface area (Å²) in [6.45, 7) is 3.92. The molecule has 0 unspecified atom stereocenters. The topological polar surface area (TPSA) is 20.2 Å². The van der Waals surface area contributed by atoms with Gasteiger partial charge in [0.2, 0.25) is 0 Å². The largest absolute Gasteiger partial charge is 0.508 e. The molecule has 0 saturated heterocycles. The van der Waals surface area contributed by atoms with Gasteiger partial charge in [0.05, 0.1) is 0 Å². The van der Waals surface area contributed by atoms with Gasteiger partial charge in [0.25, 0.3) is 0 Å². The van der Waals surface area contributed by atoms with Crippen LogP contribution in [0.3, 0.4) is 0 Å². The third-order valence-electron chi connectivity index (χ3n) is 1.85. The van der Waals surface area contributed by atoms with Gasteiger partial charge >= 0.3 is 0 Å². The highest BCUT2D eigenvalue weighted by Gasteiger charge is 1.95. The Morgan fingerprint density at radius 2 is 2.17 bits per heavy atom. The molecule has 0 aliphatic heterocycles. The number of aromatic hydroxyl groups is 1. The Hall–Kier alpha value is -1.24. The van der Waals surface area contributed by atoms with E-state index in [1.54, 1.807) is 6.07 Å². The predicted octanol–water partition coefficient (Wildman–Crippen LogP) is 2.82. The highest BCUT2D eigenvalue weighted by atomic mass is 16.3. The van der Waals surface area contributed by atoms with Gasteiger partial charge in [0, 0.05) is 0 Å². The number of hydrogen-bond donors (Lipinski definition) is 1. The van der Waals surface area contributed by atoms with Gasteiger partial charge in [-0.05, 0) is 37.5 Å². The summed E-state index contributed by atoms with van der Waals surface area (Å²) in [4.78, 5) is 0. The molecule has 1 aromatic carbocycles. The van der Waals surface area contributed by atoms with Crippen molar-refractivity contribution in [3.8, 4) is 5.75 Å². The molecule has 0 aliphatic rings. The standard InChI is InChI=1S/C11H14O/c1-3-4-5-10-6-7-11(12)9(2)8-10/h3-4,6-8,12H,5H2,1-2H3. The molecule has 1 N–H and O–H groups in total. The molecule has 1 heteroatoms. The highest BCUT2D eigenvalue weighted by molar-refractivity contribution is 5.35. The van der Waals surface area contributed by atoms with Crippen molar-refractivity contribution in [2.24, 2.45) is 0 Å². The van der Waals surface area contributed by atoms with Crippen molar-refractivity contribution < 1.29 is 5.11 Å². The molecule has 0 bridgehead atoms. The lowest BCUT2D eigenvalue weighted by molar-refractivity contribution is 0.471. The fraction of sp³-hybridized carbons (Fsp3) is 0.273. The van der Waals surface area contributed by atoms with Gasteiger partial charge in [-0.25, -0.2) is 0 Å². The van der Waals surface area contributed by atoms with Gasteiger partial charge in [-0.2, -0.15) is 0 Å². The fourth-order valence-electron chi connectivity index (χ4n) is 1.10. The minimum Gasteiger partial charge on any atom is -0.508 e.